The Morgan fingerprint density at radius 2 is 1.95 bits per heavy atom. The number of pyridine rings is 2. The monoisotopic (exact) mass is 546 g/mol. The third kappa shape index (κ3) is 4.53. The van der Waals surface area contributed by atoms with E-state index < -0.39 is 0 Å². The molecule has 1 aliphatic carbocycles. The minimum Gasteiger partial charge on any atom is -0.394 e. The number of hydrogen-bond donors (Lipinski definition) is 2. The van der Waals surface area contributed by atoms with Crippen molar-refractivity contribution in [2.45, 2.75) is 76.8 Å². The number of aromatic nitrogens is 5. The molecule has 4 aromatic rings. The summed E-state index contributed by atoms with van der Waals surface area (Å²) in [6.07, 6.45) is 8.05. The summed E-state index contributed by atoms with van der Waals surface area (Å²) in [4.78, 5) is 15.9. The van der Waals surface area contributed by atoms with Gasteiger partial charge in [0.1, 0.15) is 6.33 Å². The van der Waals surface area contributed by atoms with Gasteiger partial charge in [0.15, 0.2) is 5.65 Å². The van der Waals surface area contributed by atoms with Crippen molar-refractivity contribution in [2.24, 2.45) is 0 Å². The average molecular weight is 547 g/mol. The summed E-state index contributed by atoms with van der Waals surface area (Å²) in [6.45, 7) is 11.6. The number of ether oxygens (including phenoxy) is 2. The van der Waals surface area contributed by atoms with Gasteiger partial charge in [0.05, 0.1) is 48.7 Å². The standard InChI is InChI=1S/C31H42N6O3/c1-19(2)27-28(24-14-37-30(32-18-33-37)21(4)20(24)3)35-26-11-10-25(34-29(26)27)22-6-8-23(9-7-22)36(12-13-39-5)31(15-38)16-40-17-31/h10-11,14,18-19,22-23,35,38H,6-9,12-13,15-17H2,1-5H3. The van der Waals surface area contributed by atoms with Gasteiger partial charge in [-0.2, -0.15) is 5.10 Å². The molecule has 2 aliphatic rings. The minimum atomic E-state index is -0.257. The predicted octanol–water partition coefficient (Wildman–Crippen LogP) is 4.75. The van der Waals surface area contributed by atoms with Crippen LogP contribution in [-0.2, 0) is 9.47 Å². The molecule has 0 bridgehead atoms. The van der Waals surface area contributed by atoms with Crippen molar-refractivity contribution in [2.75, 3.05) is 40.1 Å². The predicted molar refractivity (Wildman–Crippen MR) is 156 cm³/mol. The van der Waals surface area contributed by atoms with Crippen molar-refractivity contribution >= 4 is 16.7 Å². The molecular formula is C31H42N6O3. The van der Waals surface area contributed by atoms with Crippen LogP contribution in [0.5, 0.6) is 0 Å². The molecule has 6 rings (SSSR count). The molecule has 214 valence electrons. The van der Waals surface area contributed by atoms with Crippen LogP contribution in [0.2, 0.25) is 0 Å². The third-order valence-corrected chi connectivity index (χ3v) is 9.41. The molecule has 0 unspecified atom stereocenters. The number of rotatable bonds is 9. The summed E-state index contributed by atoms with van der Waals surface area (Å²) >= 11 is 0. The van der Waals surface area contributed by atoms with E-state index in [4.69, 9.17) is 14.5 Å². The first-order chi connectivity index (χ1) is 19.4. The van der Waals surface area contributed by atoms with Crippen LogP contribution in [0.4, 0.5) is 0 Å². The maximum absolute atomic E-state index is 10.2. The second-order valence-electron chi connectivity index (χ2n) is 12.1. The van der Waals surface area contributed by atoms with Gasteiger partial charge in [0.25, 0.3) is 0 Å². The molecule has 1 aliphatic heterocycles. The van der Waals surface area contributed by atoms with E-state index in [0.29, 0.717) is 37.7 Å². The Balaban J connectivity index is 1.29. The second kappa shape index (κ2) is 10.9. The molecule has 2 fully saturated rings. The van der Waals surface area contributed by atoms with Crippen LogP contribution < -0.4 is 0 Å². The number of aliphatic hydroxyl groups excluding tert-OH is 1. The molecule has 9 heteroatoms. The summed E-state index contributed by atoms with van der Waals surface area (Å²) in [5, 5.41) is 14.6. The number of H-pyrrole nitrogens is 1. The molecule has 4 aromatic heterocycles. The Bertz CT molecular complexity index is 1490. The van der Waals surface area contributed by atoms with E-state index >= 15 is 0 Å². The molecule has 40 heavy (non-hydrogen) atoms. The highest BCUT2D eigenvalue weighted by Gasteiger charge is 2.47. The van der Waals surface area contributed by atoms with E-state index in [-0.39, 0.29) is 12.1 Å². The van der Waals surface area contributed by atoms with Crippen molar-refractivity contribution in [3.05, 3.63) is 47.0 Å². The summed E-state index contributed by atoms with van der Waals surface area (Å²) in [5.74, 6) is 0.739. The lowest BCUT2D eigenvalue weighted by Gasteiger charge is -2.53. The van der Waals surface area contributed by atoms with Crippen molar-refractivity contribution in [3.63, 3.8) is 0 Å². The van der Waals surface area contributed by atoms with Gasteiger partial charge < -0.3 is 19.6 Å². The molecular weight excluding hydrogens is 504 g/mol. The van der Waals surface area contributed by atoms with Crippen molar-refractivity contribution in [3.8, 4) is 11.3 Å². The number of aromatic amines is 1. The van der Waals surface area contributed by atoms with Gasteiger partial charge in [0.2, 0.25) is 0 Å². The van der Waals surface area contributed by atoms with Crippen LogP contribution in [0.15, 0.2) is 24.7 Å². The first-order valence-corrected chi connectivity index (χ1v) is 14.6. The molecule has 1 saturated carbocycles. The Hall–Kier alpha value is -2.85. The van der Waals surface area contributed by atoms with Gasteiger partial charge in [-0.15, -0.1) is 0 Å². The quantitative estimate of drug-likeness (QED) is 0.312. The molecule has 2 N–H and O–H groups in total. The first-order valence-electron chi connectivity index (χ1n) is 14.6. The van der Waals surface area contributed by atoms with Crippen LogP contribution >= 0.6 is 0 Å². The number of fused-ring (bicyclic) bond motifs is 2. The molecule has 0 amide bonds. The van der Waals surface area contributed by atoms with Crippen LogP contribution in [0, 0.1) is 13.8 Å². The number of nitrogens with one attached hydrogen (secondary N) is 1. The molecule has 1 saturated heterocycles. The second-order valence-corrected chi connectivity index (χ2v) is 12.1. The van der Waals surface area contributed by atoms with Gasteiger partial charge in [-0.05, 0) is 68.7 Å². The van der Waals surface area contributed by atoms with Crippen molar-refractivity contribution in [1.82, 2.24) is 29.5 Å². The van der Waals surface area contributed by atoms with E-state index in [0.717, 1.165) is 65.7 Å². The van der Waals surface area contributed by atoms with Crippen LogP contribution in [0.25, 0.3) is 27.9 Å². The van der Waals surface area contributed by atoms with Gasteiger partial charge in [0, 0.05) is 48.6 Å². The number of methoxy groups -OCH3 is 1. The van der Waals surface area contributed by atoms with Crippen LogP contribution in [-0.4, -0.2) is 86.2 Å². The lowest BCUT2D eigenvalue weighted by molar-refractivity contribution is -0.178. The number of nitrogens with zero attached hydrogens (tertiary/aromatic N) is 5. The largest absolute Gasteiger partial charge is 0.394 e. The number of hydrogen-bond acceptors (Lipinski definition) is 7. The average Bonchev–Trinajstić information content (AvgIpc) is 3.56. The zero-order valence-electron chi connectivity index (χ0n) is 24.4. The maximum atomic E-state index is 10.2. The van der Waals surface area contributed by atoms with Crippen molar-refractivity contribution in [1.29, 1.82) is 0 Å². The Morgan fingerprint density at radius 3 is 2.60 bits per heavy atom. The van der Waals surface area contributed by atoms with Gasteiger partial charge in [-0.3, -0.25) is 9.88 Å². The van der Waals surface area contributed by atoms with Gasteiger partial charge in [-0.1, -0.05) is 13.8 Å². The zero-order valence-corrected chi connectivity index (χ0v) is 24.4. The topological polar surface area (TPSA) is 101 Å². The highest BCUT2D eigenvalue weighted by molar-refractivity contribution is 5.89. The minimum absolute atomic E-state index is 0.130. The smallest absolute Gasteiger partial charge is 0.158 e. The van der Waals surface area contributed by atoms with Gasteiger partial charge >= 0.3 is 0 Å². The maximum Gasteiger partial charge on any atom is 0.158 e. The van der Waals surface area contributed by atoms with Gasteiger partial charge in [-0.25, -0.2) is 9.50 Å². The Morgan fingerprint density at radius 1 is 1.18 bits per heavy atom. The Labute approximate surface area is 235 Å². The highest BCUT2D eigenvalue weighted by Crippen LogP contribution is 2.41. The van der Waals surface area contributed by atoms with E-state index in [1.807, 2.05) is 4.52 Å². The number of aliphatic hydroxyl groups is 1. The fourth-order valence-corrected chi connectivity index (χ4v) is 6.92. The lowest BCUT2D eigenvalue weighted by Crippen LogP contribution is -2.68. The Kier molecular flexibility index (Phi) is 7.41. The van der Waals surface area contributed by atoms with E-state index in [9.17, 15) is 5.11 Å². The lowest BCUT2D eigenvalue weighted by atomic mass is 9.81. The van der Waals surface area contributed by atoms with Crippen LogP contribution in [0.1, 0.15) is 73.8 Å². The summed E-state index contributed by atoms with van der Waals surface area (Å²) in [5.41, 5.74) is 9.86. The summed E-state index contributed by atoms with van der Waals surface area (Å²) < 4.78 is 12.8. The van der Waals surface area contributed by atoms with Crippen molar-refractivity contribution < 1.29 is 14.6 Å². The fourth-order valence-electron chi connectivity index (χ4n) is 6.92. The highest BCUT2D eigenvalue weighted by atomic mass is 16.5. The third-order valence-electron chi connectivity index (χ3n) is 9.41. The molecule has 0 aromatic carbocycles. The first kappa shape index (κ1) is 27.3. The number of aryl methyl sites for hydroxylation is 1. The molecule has 0 atom stereocenters. The molecule has 9 nitrogen and oxygen atoms in total. The summed E-state index contributed by atoms with van der Waals surface area (Å²) in [6, 6.07) is 4.86. The van der Waals surface area contributed by atoms with E-state index in [1.54, 1.807) is 13.4 Å². The zero-order chi connectivity index (χ0) is 28.0. The normalized spacial score (nSPS) is 21.1. The molecule has 5 heterocycles. The fraction of sp³-hybridized carbons (Fsp3) is 0.581. The van der Waals surface area contributed by atoms with Crippen LogP contribution in [0.3, 0.4) is 0 Å². The molecule has 0 radical (unpaired) electrons. The molecule has 0 spiro atoms. The SMILES string of the molecule is COCCN(C1CCC(c2ccc3[nH]c(-c4cn5ncnc5c(C)c4C)c(C(C)C)c3n2)CC1)C1(CO)COC1. The van der Waals surface area contributed by atoms with E-state index in [1.165, 1.54) is 16.8 Å². The summed E-state index contributed by atoms with van der Waals surface area (Å²) in [7, 11) is 1.74. The van der Waals surface area contributed by atoms with E-state index in [2.05, 4.69) is 66.0 Å².